The number of aromatic hydroxyl groups is 1. The minimum Gasteiger partial charge on any atom is -0.508 e. The van der Waals surface area contributed by atoms with Crippen LogP contribution in [0.5, 0.6) is 5.75 Å². The van der Waals surface area contributed by atoms with Crippen molar-refractivity contribution in [2.24, 2.45) is 0 Å². The third-order valence-electron chi connectivity index (χ3n) is 0.903. The Kier molecular flexibility index (Phi) is 2.13. The zero-order chi connectivity index (χ0) is 6.85. The Morgan fingerprint density at radius 3 is 2.22 bits per heavy atom. The third kappa shape index (κ3) is 1.69. The van der Waals surface area contributed by atoms with Crippen molar-refractivity contribution in [2.75, 3.05) is 0 Å². The Morgan fingerprint density at radius 2 is 1.78 bits per heavy atom. The third-order valence-corrected chi connectivity index (χ3v) is 2.78. The van der Waals surface area contributed by atoms with E-state index in [1.54, 1.807) is 18.2 Å². The van der Waals surface area contributed by atoms with Crippen molar-refractivity contribution in [2.45, 2.75) is 0 Å². The molecule has 1 aromatic carbocycles. The van der Waals surface area contributed by atoms with Gasteiger partial charge in [-0.1, -0.05) is 0 Å². The van der Waals surface area contributed by atoms with Crippen molar-refractivity contribution in [3.63, 3.8) is 0 Å². The van der Waals surface area contributed by atoms with Crippen molar-refractivity contribution in [1.29, 1.82) is 0 Å². The van der Waals surface area contributed by atoms with Crippen LogP contribution >= 0.6 is 31.9 Å². The van der Waals surface area contributed by atoms with Gasteiger partial charge in [0.1, 0.15) is 5.75 Å². The van der Waals surface area contributed by atoms with Crippen molar-refractivity contribution in [3.8, 4) is 5.75 Å². The highest BCUT2D eigenvalue weighted by molar-refractivity contribution is 9.13. The molecule has 0 fully saturated rings. The van der Waals surface area contributed by atoms with E-state index in [2.05, 4.69) is 31.9 Å². The lowest BCUT2D eigenvalue weighted by Crippen LogP contribution is -1.67. The van der Waals surface area contributed by atoms with E-state index in [-0.39, 0.29) is 5.75 Å². The monoisotopic (exact) mass is 250 g/mol. The largest absolute Gasteiger partial charge is 0.508 e. The van der Waals surface area contributed by atoms with Crippen LogP contribution in [0, 0.1) is 0 Å². The molecule has 0 saturated heterocycles. The molecule has 9 heavy (non-hydrogen) atoms. The summed E-state index contributed by atoms with van der Waals surface area (Å²) in [7, 11) is 0. The molecule has 0 saturated carbocycles. The van der Waals surface area contributed by atoms with Crippen LogP contribution in [0.25, 0.3) is 0 Å². The molecular formula is C6H4Br2O. The van der Waals surface area contributed by atoms with Crippen molar-refractivity contribution < 1.29 is 5.11 Å². The minimum atomic E-state index is 0.269. The molecule has 0 unspecified atom stereocenters. The Morgan fingerprint density at radius 1 is 1.11 bits per heavy atom. The summed E-state index contributed by atoms with van der Waals surface area (Å²) in [6, 6.07) is 5.03. The second-order valence-electron chi connectivity index (χ2n) is 1.60. The second kappa shape index (κ2) is 2.71. The van der Waals surface area contributed by atoms with E-state index in [0.29, 0.717) is 0 Å². The lowest BCUT2D eigenvalue weighted by atomic mass is 10.3. The van der Waals surface area contributed by atoms with Gasteiger partial charge in [-0.05, 0) is 50.1 Å². The molecule has 0 aromatic heterocycles. The second-order valence-corrected chi connectivity index (χ2v) is 3.31. The smallest absolute Gasteiger partial charge is 0.116 e. The quantitative estimate of drug-likeness (QED) is 0.752. The molecule has 3 heteroatoms. The summed E-state index contributed by atoms with van der Waals surface area (Å²) in [6.45, 7) is 0. The number of phenolic OH excluding ortho intramolecular Hbond substituents is 1. The van der Waals surface area contributed by atoms with Crippen LogP contribution in [-0.4, -0.2) is 5.11 Å². The Balaban J connectivity index is 3.17. The molecule has 1 nitrogen and oxygen atoms in total. The first-order valence-electron chi connectivity index (χ1n) is 2.34. The van der Waals surface area contributed by atoms with Crippen molar-refractivity contribution in [1.82, 2.24) is 0 Å². The molecule has 1 N–H and O–H groups in total. The fourth-order valence-corrected chi connectivity index (χ4v) is 1.10. The van der Waals surface area contributed by atoms with Gasteiger partial charge in [0.2, 0.25) is 0 Å². The van der Waals surface area contributed by atoms with E-state index >= 15 is 0 Å². The first kappa shape index (κ1) is 7.09. The molecule has 0 radical (unpaired) electrons. The summed E-state index contributed by atoms with van der Waals surface area (Å²) in [5, 5.41) is 8.89. The molecule has 1 aromatic rings. The molecule has 0 aliphatic carbocycles. The fourth-order valence-electron chi connectivity index (χ4n) is 0.485. The molecule has 0 atom stereocenters. The topological polar surface area (TPSA) is 20.2 Å². The molecule has 48 valence electrons. The van der Waals surface area contributed by atoms with E-state index in [0.717, 1.165) is 8.95 Å². The molecule has 0 spiro atoms. The van der Waals surface area contributed by atoms with Gasteiger partial charge in [0, 0.05) is 8.95 Å². The molecule has 1 rings (SSSR count). The molecule has 0 heterocycles. The highest BCUT2D eigenvalue weighted by atomic mass is 79.9. The summed E-state index contributed by atoms with van der Waals surface area (Å²) in [4.78, 5) is 0. The van der Waals surface area contributed by atoms with Gasteiger partial charge in [-0.3, -0.25) is 0 Å². The number of halogens is 2. The van der Waals surface area contributed by atoms with Crippen LogP contribution in [0.1, 0.15) is 0 Å². The van der Waals surface area contributed by atoms with Crippen LogP contribution in [0.15, 0.2) is 27.1 Å². The van der Waals surface area contributed by atoms with Crippen LogP contribution in [0.2, 0.25) is 0 Å². The van der Waals surface area contributed by atoms with E-state index in [1.165, 1.54) is 0 Å². The maximum atomic E-state index is 8.89. The first-order chi connectivity index (χ1) is 4.20. The van der Waals surface area contributed by atoms with Crippen LogP contribution < -0.4 is 0 Å². The summed E-state index contributed by atoms with van der Waals surface area (Å²) in [5.41, 5.74) is 0. The Bertz CT molecular complexity index is 222. The summed E-state index contributed by atoms with van der Waals surface area (Å²) < 4.78 is 1.81. The van der Waals surface area contributed by atoms with Crippen molar-refractivity contribution >= 4 is 31.9 Å². The minimum absolute atomic E-state index is 0.269. The van der Waals surface area contributed by atoms with Gasteiger partial charge in [-0.25, -0.2) is 0 Å². The van der Waals surface area contributed by atoms with E-state index in [9.17, 15) is 0 Å². The summed E-state index contributed by atoms with van der Waals surface area (Å²) in [6.07, 6.45) is 0. The highest BCUT2D eigenvalue weighted by Gasteiger charge is 1.94. The molecule has 0 bridgehead atoms. The van der Waals surface area contributed by atoms with E-state index in [1.807, 2.05) is 0 Å². The molecule has 0 aliphatic heterocycles. The molecule has 0 aliphatic rings. The number of hydrogen-bond donors (Lipinski definition) is 1. The standard InChI is InChI=1S/C6H4Br2O/c7-5-2-1-4(9)3-6(5)8/h1-3,9H. The molecular weight excluding hydrogens is 248 g/mol. The zero-order valence-corrected chi connectivity index (χ0v) is 7.61. The number of hydrogen-bond acceptors (Lipinski definition) is 1. The first-order valence-corrected chi connectivity index (χ1v) is 3.93. The van der Waals surface area contributed by atoms with Gasteiger partial charge in [-0.2, -0.15) is 0 Å². The number of rotatable bonds is 0. The van der Waals surface area contributed by atoms with Crippen LogP contribution in [0.4, 0.5) is 0 Å². The normalized spacial score (nSPS) is 9.56. The fraction of sp³-hybridized carbons (Fsp3) is 0. The van der Waals surface area contributed by atoms with Gasteiger partial charge < -0.3 is 5.11 Å². The predicted molar refractivity (Wildman–Crippen MR) is 43.5 cm³/mol. The van der Waals surface area contributed by atoms with E-state index in [4.69, 9.17) is 5.11 Å². The van der Waals surface area contributed by atoms with Gasteiger partial charge in [0.25, 0.3) is 0 Å². The maximum absolute atomic E-state index is 8.89. The van der Waals surface area contributed by atoms with E-state index < -0.39 is 0 Å². The summed E-state index contributed by atoms with van der Waals surface area (Å²) >= 11 is 6.51. The Hall–Kier alpha value is -0.0200. The Labute approximate surface area is 70.0 Å². The number of benzene rings is 1. The van der Waals surface area contributed by atoms with Crippen molar-refractivity contribution in [3.05, 3.63) is 27.1 Å². The van der Waals surface area contributed by atoms with Crippen LogP contribution in [0.3, 0.4) is 0 Å². The van der Waals surface area contributed by atoms with Crippen LogP contribution in [-0.2, 0) is 0 Å². The average Bonchev–Trinajstić information content (AvgIpc) is 1.80. The summed E-state index contributed by atoms with van der Waals surface area (Å²) in [5.74, 6) is 0.269. The number of phenols is 1. The lowest BCUT2D eigenvalue weighted by Gasteiger charge is -1.94. The average molecular weight is 252 g/mol. The lowest BCUT2D eigenvalue weighted by molar-refractivity contribution is 0.475. The van der Waals surface area contributed by atoms with Gasteiger partial charge >= 0.3 is 0 Å². The maximum Gasteiger partial charge on any atom is 0.116 e. The highest BCUT2D eigenvalue weighted by Crippen LogP contribution is 2.26. The predicted octanol–water partition coefficient (Wildman–Crippen LogP) is 2.92. The van der Waals surface area contributed by atoms with Gasteiger partial charge in [0.05, 0.1) is 0 Å². The van der Waals surface area contributed by atoms with Gasteiger partial charge in [-0.15, -0.1) is 0 Å². The SMILES string of the molecule is Oc1ccc(Br)c(Br)c1. The molecule has 0 amide bonds. The van der Waals surface area contributed by atoms with Gasteiger partial charge in [0.15, 0.2) is 0 Å². The zero-order valence-electron chi connectivity index (χ0n) is 4.44.